The molecule has 0 amide bonds. The molecule has 0 atom stereocenters. The first-order valence-corrected chi connectivity index (χ1v) is 14.7. The third kappa shape index (κ3) is 4.65. The monoisotopic (exact) mass is 502 g/mol. The maximum atomic E-state index is 7.13. The number of benzene rings is 4. The quantitative estimate of drug-likeness (QED) is 0.177. The van der Waals surface area contributed by atoms with E-state index in [1.54, 1.807) is 0 Å². The van der Waals surface area contributed by atoms with Crippen LogP contribution in [0.25, 0.3) is 10.9 Å². The molecule has 4 heteroatoms. The van der Waals surface area contributed by atoms with E-state index in [0.717, 1.165) is 22.8 Å². The highest BCUT2D eigenvalue weighted by molar-refractivity contribution is 7.00. The molecule has 37 heavy (non-hydrogen) atoms. The average molecular weight is 503 g/mol. The van der Waals surface area contributed by atoms with Crippen molar-refractivity contribution >= 4 is 41.0 Å². The molecule has 1 aromatic heterocycles. The summed E-state index contributed by atoms with van der Waals surface area (Å²) >= 11 is 0. The van der Waals surface area contributed by atoms with E-state index < -0.39 is 8.32 Å². The first kappa shape index (κ1) is 24.8. The Kier molecular flexibility index (Phi) is 6.61. The predicted octanol–water partition coefficient (Wildman–Crippen LogP) is 7.26. The van der Waals surface area contributed by atoms with Crippen molar-refractivity contribution < 1.29 is 4.43 Å². The summed E-state index contributed by atoms with van der Waals surface area (Å²) in [4.78, 5) is 4.94. The lowest BCUT2D eigenvalue weighted by atomic mass is 10.2. The van der Waals surface area contributed by atoms with Gasteiger partial charge in [-0.1, -0.05) is 99.6 Å². The Labute approximate surface area is 221 Å². The smallest absolute Gasteiger partial charge is 0.319 e. The lowest BCUT2D eigenvalue weighted by molar-refractivity contribution is 0.508. The van der Waals surface area contributed by atoms with Gasteiger partial charge in [0.05, 0.1) is 17.1 Å². The summed E-state index contributed by atoms with van der Waals surface area (Å²) in [5.74, 6) is 0.871. The summed E-state index contributed by atoms with van der Waals surface area (Å²) in [5, 5.41) is 3.67. The molecular weight excluding hydrogens is 468 g/mol. The van der Waals surface area contributed by atoms with Crippen LogP contribution in [0.5, 0.6) is 5.75 Å². The van der Waals surface area contributed by atoms with E-state index in [1.165, 1.54) is 21.3 Å². The van der Waals surface area contributed by atoms with E-state index in [4.69, 9.17) is 9.42 Å². The van der Waals surface area contributed by atoms with Gasteiger partial charge in [0.2, 0.25) is 0 Å². The van der Waals surface area contributed by atoms with Crippen LogP contribution in [0.1, 0.15) is 33.4 Å². The molecular formula is C33H34N2OSi. The standard InChI is InChI=1S/C33H34N2OSi/c1-25(32-24-26-14-12-13-19-31(26)35(32)5)34-27-20-22-28(23-21-27)36-37(33(2,3)4,29-15-8-6-9-16-29)30-17-10-7-11-18-30/h6-24H,1-5H3. The highest BCUT2D eigenvalue weighted by atomic mass is 28.4. The topological polar surface area (TPSA) is 26.5 Å². The molecule has 0 aliphatic rings. The summed E-state index contributed by atoms with van der Waals surface area (Å²) in [6.45, 7) is 8.96. The van der Waals surface area contributed by atoms with Crippen LogP contribution >= 0.6 is 0 Å². The van der Waals surface area contributed by atoms with Gasteiger partial charge < -0.3 is 8.99 Å². The molecule has 3 nitrogen and oxygen atoms in total. The van der Waals surface area contributed by atoms with Crippen LogP contribution in [-0.2, 0) is 7.05 Å². The number of rotatable bonds is 6. The number of fused-ring (bicyclic) bond motifs is 1. The molecule has 0 aliphatic heterocycles. The zero-order valence-electron chi connectivity index (χ0n) is 22.3. The van der Waals surface area contributed by atoms with E-state index in [9.17, 15) is 0 Å². The molecule has 0 saturated heterocycles. The first-order valence-electron chi connectivity index (χ1n) is 12.8. The molecule has 0 saturated carbocycles. The average Bonchev–Trinajstić information content (AvgIpc) is 3.25. The Bertz CT molecular complexity index is 1490. The van der Waals surface area contributed by atoms with Gasteiger partial charge in [0.15, 0.2) is 0 Å². The van der Waals surface area contributed by atoms with Gasteiger partial charge in [0.25, 0.3) is 0 Å². The molecule has 0 bridgehead atoms. The van der Waals surface area contributed by atoms with Crippen LogP contribution < -0.4 is 14.8 Å². The largest absolute Gasteiger partial charge is 0.534 e. The van der Waals surface area contributed by atoms with Gasteiger partial charge in [-0.2, -0.15) is 0 Å². The Hall–Kier alpha value is -3.89. The van der Waals surface area contributed by atoms with E-state index in [1.807, 2.05) is 0 Å². The number of para-hydroxylation sites is 1. The summed E-state index contributed by atoms with van der Waals surface area (Å²) in [6.07, 6.45) is 0. The minimum atomic E-state index is -2.66. The number of aromatic nitrogens is 1. The fourth-order valence-electron chi connectivity index (χ4n) is 5.30. The summed E-state index contributed by atoms with van der Waals surface area (Å²) in [5.41, 5.74) is 4.23. The molecule has 5 rings (SSSR count). The van der Waals surface area contributed by atoms with E-state index >= 15 is 0 Å². The van der Waals surface area contributed by atoms with Crippen molar-refractivity contribution in [1.29, 1.82) is 0 Å². The minimum Gasteiger partial charge on any atom is -0.534 e. The van der Waals surface area contributed by atoms with Gasteiger partial charge >= 0.3 is 8.32 Å². The Morgan fingerprint density at radius 2 is 1.27 bits per heavy atom. The van der Waals surface area contributed by atoms with Gasteiger partial charge in [0.1, 0.15) is 5.75 Å². The van der Waals surface area contributed by atoms with Crippen LogP contribution in [0.4, 0.5) is 5.69 Å². The number of nitrogens with zero attached hydrogens (tertiary/aromatic N) is 2. The van der Waals surface area contributed by atoms with Gasteiger partial charge in [-0.25, -0.2) is 0 Å². The number of hydrogen-bond acceptors (Lipinski definition) is 2. The zero-order valence-corrected chi connectivity index (χ0v) is 23.3. The minimum absolute atomic E-state index is 0.0857. The van der Waals surface area contributed by atoms with Gasteiger partial charge in [0, 0.05) is 18.0 Å². The van der Waals surface area contributed by atoms with Gasteiger partial charge in [-0.3, -0.25) is 4.99 Å². The van der Waals surface area contributed by atoms with Crippen LogP contribution in [0.2, 0.25) is 5.04 Å². The molecule has 1 heterocycles. The Balaban J connectivity index is 1.51. The summed E-state index contributed by atoms with van der Waals surface area (Å²) < 4.78 is 9.33. The fourth-order valence-corrected chi connectivity index (χ4v) is 9.72. The van der Waals surface area contributed by atoms with E-state index in [2.05, 4.69) is 155 Å². The number of aryl methyl sites for hydroxylation is 1. The summed E-state index contributed by atoms with van der Waals surface area (Å²) in [6, 6.07) is 40.3. The third-order valence-electron chi connectivity index (χ3n) is 7.14. The highest BCUT2D eigenvalue weighted by Crippen LogP contribution is 2.38. The Morgan fingerprint density at radius 3 is 1.81 bits per heavy atom. The van der Waals surface area contributed by atoms with Crippen molar-refractivity contribution in [2.75, 3.05) is 0 Å². The second-order valence-electron chi connectivity index (χ2n) is 10.6. The van der Waals surface area contributed by atoms with Crippen LogP contribution in [-0.4, -0.2) is 18.6 Å². The van der Waals surface area contributed by atoms with Gasteiger partial charge in [-0.15, -0.1) is 0 Å². The molecule has 0 N–H and O–H groups in total. The molecule has 0 spiro atoms. The van der Waals surface area contributed by atoms with Crippen molar-refractivity contribution in [1.82, 2.24) is 4.57 Å². The fraction of sp³-hybridized carbons (Fsp3) is 0.182. The van der Waals surface area contributed by atoms with E-state index in [0.29, 0.717) is 0 Å². The van der Waals surface area contributed by atoms with Crippen molar-refractivity contribution in [2.24, 2.45) is 12.0 Å². The van der Waals surface area contributed by atoms with Crippen molar-refractivity contribution in [2.45, 2.75) is 32.7 Å². The highest BCUT2D eigenvalue weighted by Gasteiger charge is 2.52. The predicted molar refractivity (Wildman–Crippen MR) is 159 cm³/mol. The van der Waals surface area contributed by atoms with Gasteiger partial charge in [-0.05, 0) is 58.7 Å². The summed E-state index contributed by atoms with van der Waals surface area (Å²) in [7, 11) is -0.563. The molecule has 0 fully saturated rings. The molecule has 0 unspecified atom stereocenters. The third-order valence-corrected chi connectivity index (χ3v) is 12.1. The Morgan fingerprint density at radius 1 is 0.730 bits per heavy atom. The molecule has 5 aromatic rings. The SMILES string of the molecule is CC(=Nc1ccc(O[Si](c2ccccc2)(c2ccccc2)C(C)(C)C)cc1)c1cc2ccccc2n1C. The maximum Gasteiger partial charge on any atom is 0.319 e. The van der Waals surface area contributed by atoms with Crippen LogP contribution in [0, 0.1) is 0 Å². The normalized spacial score (nSPS) is 12.6. The second-order valence-corrected chi connectivity index (χ2v) is 14.8. The first-order chi connectivity index (χ1) is 17.8. The molecule has 0 aliphatic carbocycles. The molecule has 0 radical (unpaired) electrons. The second kappa shape index (κ2) is 9.87. The lowest BCUT2D eigenvalue weighted by Gasteiger charge is -2.43. The molecule has 186 valence electrons. The maximum absolute atomic E-state index is 7.13. The molecule has 4 aromatic carbocycles. The van der Waals surface area contributed by atoms with Crippen molar-refractivity contribution in [3.8, 4) is 5.75 Å². The zero-order chi connectivity index (χ0) is 26.0. The van der Waals surface area contributed by atoms with Crippen LogP contribution in [0.15, 0.2) is 120 Å². The van der Waals surface area contributed by atoms with Crippen LogP contribution in [0.3, 0.4) is 0 Å². The lowest BCUT2D eigenvalue weighted by Crippen LogP contribution is -2.68. The van der Waals surface area contributed by atoms with E-state index in [-0.39, 0.29) is 5.04 Å². The number of hydrogen-bond donors (Lipinski definition) is 0. The van der Waals surface area contributed by atoms with Crippen molar-refractivity contribution in [3.05, 3.63) is 121 Å². The number of aliphatic imine (C=N–C) groups is 1. The van der Waals surface area contributed by atoms with Crippen molar-refractivity contribution in [3.63, 3.8) is 0 Å².